The smallest absolute Gasteiger partial charge is 0.224 e. The molecule has 1 unspecified atom stereocenters. The molecule has 1 atom stereocenters. The van der Waals surface area contributed by atoms with Gasteiger partial charge in [-0.1, -0.05) is 18.2 Å². The summed E-state index contributed by atoms with van der Waals surface area (Å²) in [6.07, 6.45) is 2.02. The monoisotopic (exact) mass is 355 g/mol. The number of aryl methyl sites for hydroxylation is 2. The van der Waals surface area contributed by atoms with Crippen molar-refractivity contribution in [2.45, 2.75) is 26.7 Å². The van der Waals surface area contributed by atoms with Gasteiger partial charge in [0.05, 0.1) is 5.92 Å². The number of hydrogen-bond acceptors (Lipinski definition) is 4. The van der Waals surface area contributed by atoms with Gasteiger partial charge < -0.3 is 15.8 Å². The lowest BCUT2D eigenvalue weighted by atomic mass is 9.97. The van der Waals surface area contributed by atoms with Crippen LogP contribution in [0, 0.1) is 19.8 Å². The molecular weight excluding hydrogens is 326 g/mol. The van der Waals surface area contributed by atoms with Gasteiger partial charge in [-0.3, -0.25) is 9.69 Å². The standard InChI is InChI=1S/C18H29N3O2.ClH/c1-14-5-3-6-15(2)17(14)23-12-11-21-10-4-7-16(13-21)18(22)20-9-8-19;/h3,5-6,16H,4,7-13,19H2,1-2H3,(H,20,22);1H. The molecule has 5 nitrogen and oxygen atoms in total. The number of benzene rings is 1. The average molecular weight is 356 g/mol. The van der Waals surface area contributed by atoms with Gasteiger partial charge >= 0.3 is 0 Å². The van der Waals surface area contributed by atoms with Gasteiger partial charge in [-0.05, 0) is 44.4 Å². The van der Waals surface area contributed by atoms with Gasteiger partial charge in [-0.15, -0.1) is 12.4 Å². The lowest BCUT2D eigenvalue weighted by Crippen LogP contribution is -2.45. The van der Waals surface area contributed by atoms with E-state index in [9.17, 15) is 4.79 Å². The summed E-state index contributed by atoms with van der Waals surface area (Å²) in [6, 6.07) is 6.19. The number of nitrogens with one attached hydrogen (secondary N) is 1. The molecule has 1 fully saturated rings. The Labute approximate surface area is 151 Å². The predicted octanol–water partition coefficient (Wildman–Crippen LogP) is 1.89. The molecule has 2 rings (SSSR count). The summed E-state index contributed by atoms with van der Waals surface area (Å²) in [5.41, 5.74) is 7.78. The van der Waals surface area contributed by atoms with Crippen LogP contribution >= 0.6 is 12.4 Å². The first-order chi connectivity index (χ1) is 11.1. The van der Waals surface area contributed by atoms with Crippen LogP contribution in [0.3, 0.4) is 0 Å². The van der Waals surface area contributed by atoms with Crippen molar-refractivity contribution in [3.8, 4) is 5.75 Å². The molecule has 1 heterocycles. The minimum Gasteiger partial charge on any atom is -0.492 e. The highest BCUT2D eigenvalue weighted by Gasteiger charge is 2.25. The van der Waals surface area contributed by atoms with Crippen LogP contribution in [0.25, 0.3) is 0 Å². The van der Waals surface area contributed by atoms with Gasteiger partial charge in [0, 0.05) is 26.2 Å². The number of piperidine rings is 1. The number of para-hydroxylation sites is 1. The van der Waals surface area contributed by atoms with Crippen LogP contribution in [-0.2, 0) is 4.79 Å². The Balaban J connectivity index is 0.00000288. The fourth-order valence-electron chi connectivity index (χ4n) is 3.12. The number of carbonyl (C=O) groups excluding carboxylic acids is 1. The van der Waals surface area contributed by atoms with E-state index in [-0.39, 0.29) is 24.2 Å². The van der Waals surface area contributed by atoms with Crippen LogP contribution in [0.4, 0.5) is 0 Å². The zero-order chi connectivity index (χ0) is 16.7. The van der Waals surface area contributed by atoms with Gasteiger partial charge in [-0.2, -0.15) is 0 Å². The second kappa shape index (κ2) is 10.5. The number of nitrogens with two attached hydrogens (primary N) is 1. The number of nitrogens with zero attached hydrogens (tertiary/aromatic N) is 1. The van der Waals surface area contributed by atoms with Crippen LogP contribution in [0.2, 0.25) is 0 Å². The van der Waals surface area contributed by atoms with Gasteiger partial charge in [0.15, 0.2) is 0 Å². The topological polar surface area (TPSA) is 67.6 Å². The van der Waals surface area contributed by atoms with E-state index in [1.54, 1.807) is 0 Å². The fraction of sp³-hybridized carbons (Fsp3) is 0.611. The maximum atomic E-state index is 12.1. The van der Waals surface area contributed by atoms with Crippen molar-refractivity contribution in [1.82, 2.24) is 10.2 Å². The molecule has 1 aliphatic rings. The first kappa shape index (κ1) is 20.7. The number of likely N-dealkylation sites (tertiary alicyclic amines) is 1. The van der Waals surface area contributed by atoms with Gasteiger partial charge in [0.25, 0.3) is 0 Å². The van der Waals surface area contributed by atoms with Crippen molar-refractivity contribution in [2.75, 3.05) is 39.3 Å². The molecule has 0 saturated carbocycles. The summed E-state index contributed by atoms with van der Waals surface area (Å²) in [5, 5.41) is 2.90. The third kappa shape index (κ3) is 5.96. The molecule has 24 heavy (non-hydrogen) atoms. The molecule has 0 spiro atoms. The Bertz CT molecular complexity index is 505. The van der Waals surface area contributed by atoms with E-state index >= 15 is 0 Å². The molecule has 1 aliphatic heterocycles. The number of halogens is 1. The van der Waals surface area contributed by atoms with Crippen LogP contribution in [-0.4, -0.2) is 50.1 Å². The molecular formula is C18H30ClN3O2. The van der Waals surface area contributed by atoms with E-state index in [4.69, 9.17) is 10.5 Å². The van der Waals surface area contributed by atoms with Crippen molar-refractivity contribution in [3.05, 3.63) is 29.3 Å². The summed E-state index contributed by atoms with van der Waals surface area (Å²) in [6.45, 7) is 8.56. The molecule has 1 saturated heterocycles. The first-order valence-corrected chi connectivity index (χ1v) is 8.51. The van der Waals surface area contributed by atoms with Crippen molar-refractivity contribution in [2.24, 2.45) is 11.7 Å². The number of amides is 1. The van der Waals surface area contributed by atoms with E-state index in [0.717, 1.165) is 38.2 Å². The van der Waals surface area contributed by atoms with E-state index in [0.29, 0.717) is 19.7 Å². The quantitative estimate of drug-likeness (QED) is 0.783. The maximum Gasteiger partial charge on any atom is 0.224 e. The van der Waals surface area contributed by atoms with E-state index in [1.165, 1.54) is 11.1 Å². The minimum absolute atomic E-state index is 0. The zero-order valence-corrected chi connectivity index (χ0v) is 15.5. The second-order valence-electron chi connectivity index (χ2n) is 6.29. The number of rotatable bonds is 7. The van der Waals surface area contributed by atoms with Crippen LogP contribution in [0.15, 0.2) is 18.2 Å². The number of ether oxygens (including phenoxy) is 1. The van der Waals surface area contributed by atoms with E-state index < -0.39 is 0 Å². The molecule has 1 aromatic carbocycles. The van der Waals surface area contributed by atoms with Crippen LogP contribution in [0.5, 0.6) is 5.75 Å². The van der Waals surface area contributed by atoms with Crippen LogP contribution in [0.1, 0.15) is 24.0 Å². The summed E-state index contributed by atoms with van der Waals surface area (Å²) < 4.78 is 5.97. The van der Waals surface area contributed by atoms with E-state index in [2.05, 4.69) is 36.2 Å². The minimum atomic E-state index is 0. The Morgan fingerprint density at radius 1 is 1.38 bits per heavy atom. The highest BCUT2D eigenvalue weighted by Crippen LogP contribution is 2.22. The Kier molecular flexibility index (Phi) is 9.11. The third-order valence-corrected chi connectivity index (χ3v) is 4.38. The molecule has 1 amide bonds. The average Bonchev–Trinajstić information content (AvgIpc) is 2.55. The number of hydrogen-bond donors (Lipinski definition) is 2. The molecule has 6 heteroatoms. The third-order valence-electron chi connectivity index (χ3n) is 4.38. The summed E-state index contributed by atoms with van der Waals surface area (Å²) in [5.74, 6) is 1.20. The normalized spacial score (nSPS) is 17.9. The highest BCUT2D eigenvalue weighted by atomic mass is 35.5. The van der Waals surface area contributed by atoms with Gasteiger partial charge in [0.2, 0.25) is 5.91 Å². The van der Waals surface area contributed by atoms with Crippen molar-refractivity contribution < 1.29 is 9.53 Å². The lowest BCUT2D eigenvalue weighted by molar-refractivity contribution is -0.126. The molecule has 1 aromatic rings. The maximum absolute atomic E-state index is 12.1. The van der Waals surface area contributed by atoms with Crippen molar-refractivity contribution in [1.29, 1.82) is 0 Å². The first-order valence-electron chi connectivity index (χ1n) is 8.51. The van der Waals surface area contributed by atoms with Crippen LogP contribution < -0.4 is 15.8 Å². The molecule has 0 aliphatic carbocycles. The zero-order valence-electron chi connectivity index (χ0n) is 14.7. The largest absolute Gasteiger partial charge is 0.492 e. The molecule has 3 N–H and O–H groups in total. The fourth-order valence-corrected chi connectivity index (χ4v) is 3.12. The molecule has 136 valence electrons. The van der Waals surface area contributed by atoms with E-state index in [1.807, 2.05) is 6.07 Å². The molecule has 0 bridgehead atoms. The molecule has 0 aromatic heterocycles. The van der Waals surface area contributed by atoms with Gasteiger partial charge in [-0.25, -0.2) is 0 Å². The SMILES string of the molecule is Cc1cccc(C)c1OCCN1CCCC(C(=O)NCCN)C1.Cl. The predicted molar refractivity (Wildman–Crippen MR) is 99.9 cm³/mol. The Hall–Kier alpha value is -1.30. The number of carbonyl (C=O) groups is 1. The Morgan fingerprint density at radius 2 is 2.08 bits per heavy atom. The highest BCUT2D eigenvalue weighted by molar-refractivity contribution is 5.85. The summed E-state index contributed by atoms with van der Waals surface area (Å²) >= 11 is 0. The van der Waals surface area contributed by atoms with Crippen molar-refractivity contribution in [3.63, 3.8) is 0 Å². The van der Waals surface area contributed by atoms with Gasteiger partial charge in [0.1, 0.15) is 12.4 Å². The lowest BCUT2D eigenvalue weighted by Gasteiger charge is -2.32. The summed E-state index contributed by atoms with van der Waals surface area (Å²) in [7, 11) is 0. The summed E-state index contributed by atoms with van der Waals surface area (Å²) in [4.78, 5) is 14.4. The Morgan fingerprint density at radius 3 is 2.75 bits per heavy atom. The second-order valence-corrected chi connectivity index (χ2v) is 6.29. The molecule has 0 radical (unpaired) electrons. The van der Waals surface area contributed by atoms with Crippen molar-refractivity contribution >= 4 is 18.3 Å².